The van der Waals surface area contributed by atoms with Crippen molar-refractivity contribution >= 4 is 29.2 Å². The van der Waals surface area contributed by atoms with Gasteiger partial charge in [0, 0.05) is 21.8 Å². The highest BCUT2D eigenvalue weighted by atomic mass is 35.5. The van der Waals surface area contributed by atoms with E-state index in [9.17, 15) is 4.79 Å². The molecule has 0 bridgehead atoms. The summed E-state index contributed by atoms with van der Waals surface area (Å²) in [6.07, 6.45) is 1.45. The molecule has 0 amide bonds. The first kappa shape index (κ1) is 14.8. The Hall–Kier alpha value is -1.23. The van der Waals surface area contributed by atoms with E-state index in [4.69, 9.17) is 33.1 Å². The number of carboxylic acid groups (broad SMARTS) is 1. The topological polar surface area (TPSA) is 58.6 Å². The number of halogens is 2. The zero-order valence-electron chi connectivity index (χ0n) is 9.74. The Balaban J connectivity index is 2.45. The smallest absolute Gasteiger partial charge is 0.307 e. The third-order valence-corrected chi connectivity index (χ3v) is 2.81. The Morgan fingerprint density at radius 2 is 2.06 bits per heavy atom. The maximum absolute atomic E-state index is 10.4. The van der Waals surface area contributed by atoms with Crippen LogP contribution in [-0.4, -0.2) is 11.1 Å². The largest absolute Gasteiger partial charge is 0.481 e. The van der Waals surface area contributed by atoms with Gasteiger partial charge in [-0.05, 0) is 24.6 Å². The van der Waals surface area contributed by atoms with E-state index < -0.39 is 5.97 Å². The summed E-state index contributed by atoms with van der Waals surface area (Å²) < 4.78 is 0. The second-order valence-corrected chi connectivity index (χ2v) is 4.48. The highest BCUT2D eigenvalue weighted by molar-refractivity contribution is 6.35. The van der Waals surface area contributed by atoms with Crippen molar-refractivity contribution < 1.29 is 14.7 Å². The predicted molar refractivity (Wildman–Crippen MR) is 70.4 cm³/mol. The summed E-state index contributed by atoms with van der Waals surface area (Å²) in [5.74, 6) is -0.889. The monoisotopic (exact) mass is 289 g/mol. The molecule has 0 fully saturated rings. The van der Waals surface area contributed by atoms with Crippen LogP contribution in [-0.2, 0) is 16.2 Å². The third kappa shape index (κ3) is 4.96. The van der Waals surface area contributed by atoms with E-state index in [0.717, 1.165) is 0 Å². The minimum Gasteiger partial charge on any atom is -0.481 e. The predicted octanol–water partition coefficient (Wildman–Crippen LogP) is 3.39. The molecule has 98 valence electrons. The average molecular weight is 290 g/mol. The molecule has 4 nitrogen and oxygen atoms in total. The number of rotatable bonds is 6. The molecule has 0 atom stereocenters. The van der Waals surface area contributed by atoms with Crippen LogP contribution in [0.15, 0.2) is 30.0 Å². The quantitative estimate of drug-likeness (QED) is 0.623. The molecule has 1 rings (SSSR count). The van der Waals surface area contributed by atoms with Crippen LogP contribution in [0.3, 0.4) is 0 Å². The molecule has 0 radical (unpaired) electrons. The molecule has 18 heavy (non-hydrogen) atoms. The summed E-state index contributed by atoms with van der Waals surface area (Å²) >= 11 is 11.9. The van der Waals surface area contributed by atoms with E-state index in [0.29, 0.717) is 21.2 Å². The van der Waals surface area contributed by atoms with Gasteiger partial charge in [0.05, 0.1) is 6.42 Å². The van der Waals surface area contributed by atoms with Crippen molar-refractivity contribution in [3.63, 3.8) is 0 Å². The lowest BCUT2D eigenvalue weighted by molar-refractivity contribution is -0.136. The molecule has 2 N–H and O–H groups in total. The van der Waals surface area contributed by atoms with Crippen molar-refractivity contribution in [2.75, 3.05) is 0 Å². The van der Waals surface area contributed by atoms with E-state index in [1.54, 1.807) is 25.1 Å². The van der Waals surface area contributed by atoms with E-state index in [-0.39, 0.29) is 13.0 Å². The first-order valence-corrected chi connectivity index (χ1v) is 5.94. The molecule has 0 saturated carbocycles. The Morgan fingerprint density at radius 3 is 2.61 bits per heavy atom. The van der Waals surface area contributed by atoms with Crippen LogP contribution < -0.4 is 5.48 Å². The number of hydroxylamine groups is 1. The summed E-state index contributed by atoms with van der Waals surface area (Å²) in [6.45, 7) is 1.88. The summed E-state index contributed by atoms with van der Waals surface area (Å²) in [4.78, 5) is 15.6. The number of benzene rings is 1. The lowest BCUT2D eigenvalue weighted by Gasteiger charge is -2.07. The van der Waals surface area contributed by atoms with Crippen LogP contribution in [0.4, 0.5) is 0 Å². The van der Waals surface area contributed by atoms with Gasteiger partial charge < -0.3 is 5.11 Å². The molecule has 6 heteroatoms. The van der Waals surface area contributed by atoms with Gasteiger partial charge in [-0.25, -0.2) is 0 Å². The summed E-state index contributed by atoms with van der Waals surface area (Å²) in [7, 11) is 0. The molecule has 1 aromatic carbocycles. The van der Waals surface area contributed by atoms with Gasteiger partial charge >= 0.3 is 5.97 Å². The SMILES string of the molecule is C/C(=C\NOCc1c(Cl)cccc1Cl)CC(=O)O. The van der Waals surface area contributed by atoms with Gasteiger partial charge in [-0.15, -0.1) is 0 Å². The molecule has 0 aliphatic rings. The van der Waals surface area contributed by atoms with Crippen LogP contribution >= 0.6 is 23.2 Å². The van der Waals surface area contributed by atoms with Gasteiger partial charge in [0.15, 0.2) is 0 Å². The average Bonchev–Trinajstić information content (AvgIpc) is 2.26. The van der Waals surface area contributed by atoms with Crippen LogP contribution in [0.25, 0.3) is 0 Å². The number of carbonyl (C=O) groups is 1. The summed E-state index contributed by atoms with van der Waals surface area (Å²) in [5, 5.41) is 9.59. The first-order chi connectivity index (χ1) is 8.50. The zero-order chi connectivity index (χ0) is 13.5. The number of carboxylic acids is 1. The highest BCUT2D eigenvalue weighted by Crippen LogP contribution is 2.24. The molecule has 0 spiro atoms. The minimum absolute atomic E-state index is 0.0385. The van der Waals surface area contributed by atoms with E-state index >= 15 is 0 Å². The maximum Gasteiger partial charge on any atom is 0.307 e. The fourth-order valence-corrected chi connectivity index (χ4v) is 1.72. The van der Waals surface area contributed by atoms with Gasteiger partial charge in [0.1, 0.15) is 6.61 Å². The fraction of sp³-hybridized carbons (Fsp3) is 0.250. The second-order valence-electron chi connectivity index (χ2n) is 3.67. The van der Waals surface area contributed by atoms with Crippen molar-refractivity contribution in [2.45, 2.75) is 20.0 Å². The Labute approximate surface area is 115 Å². The molecule has 0 aliphatic heterocycles. The minimum atomic E-state index is -0.889. The molecule has 0 aromatic heterocycles. The van der Waals surface area contributed by atoms with Crippen molar-refractivity contribution in [3.05, 3.63) is 45.6 Å². The maximum atomic E-state index is 10.4. The van der Waals surface area contributed by atoms with Crippen molar-refractivity contribution in [1.82, 2.24) is 5.48 Å². The van der Waals surface area contributed by atoms with E-state index in [2.05, 4.69) is 5.48 Å². The van der Waals surface area contributed by atoms with Crippen LogP contribution in [0, 0.1) is 0 Å². The first-order valence-electron chi connectivity index (χ1n) is 5.18. The molecule has 0 aliphatic carbocycles. The zero-order valence-corrected chi connectivity index (χ0v) is 11.3. The summed E-state index contributed by atoms with van der Waals surface area (Å²) in [5.41, 5.74) is 3.88. The summed E-state index contributed by atoms with van der Waals surface area (Å²) in [6, 6.07) is 5.19. The number of nitrogens with one attached hydrogen (secondary N) is 1. The van der Waals surface area contributed by atoms with Gasteiger partial charge in [-0.2, -0.15) is 0 Å². The van der Waals surface area contributed by atoms with Crippen molar-refractivity contribution in [3.8, 4) is 0 Å². The lowest BCUT2D eigenvalue weighted by Crippen LogP contribution is -2.09. The molecule has 0 unspecified atom stereocenters. The molecule has 0 heterocycles. The standard InChI is InChI=1S/C12H13Cl2NO3/c1-8(5-12(16)17)6-15-18-7-9-10(13)3-2-4-11(9)14/h2-4,6,15H,5,7H2,1H3,(H,16,17)/b8-6+. The Morgan fingerprint density at radius 1 is 1.44 bits per heavy atom. The van der Waals surface area contributed by atoms with Crippen LogP contribution in [0.2, 0.25) is 10.0 Å². The lowest BCUT2D eigenvalue weighted by atomic mass is 10.2. The van der Waals surface area contributed by atoms with Gasteiger partial charge in [-0.3, -0.25) is 15.1 Å². The van der Waals surface area contributed by atoms with Crippen molar-refractivity contribution in [2.24, 2.45) is 0 Å². The number of aliphatic carboxylic acids is 1. The van der Waals surface area contributed by atoms with Crippen LogP contribution in [0.1, 0.15) is 18.9 Å². The van der Waals surface area contributed by atoms with Crippen molar-refractivity contribution in [1.29, 1.82) is 0 Å². The molecular weight excluding hydrogens is 277 g/mol. The third-order valence-electron chi connectivity index (χ3n) is 2.10. The highest BCUT2D eigenvalue weighted by Gasteiger charge is 2.05. The normalized spacial score (nSPS) is 11.4. The van der Waals surface area contributed by atoms with Gasteiger partial charge in [0.2, 0.25) is 0 Å². The molecule has 1 aromatic rings. The van der Waals surface area contributed by atoms with Gasteiger partial charge in [0.25, 0.3) is 0 Å². The number of hydrogen-bond acceptors (Lipinski definition) is 3. The fourth-order valence-electron chi connectivity index (χ4n) is 1.22. The van der Waals surface area contributed by atoms with E-state index in [1.165, 1.54) is 6.20 Å². The number of hydrogen-bond donors (Lipinski definition) is 2. The van der Waals surface area contributed by atoms with Gasteiger partial charge in [-0.1, -0.05) is 29.3 Å². The Bertz CT molecular complexity index is 440. The van der Waals surface area contributed by atoms with Crippen LogP contribution in [0.5, 0.6) is 0 Å². The Kier molecular flexibility index (Phi) is 5.98. The second kappa shape index (κ2) is 7.26. The molecule has 0 saturated heterocycles. The van der Waals surface area contributed by atoms with E-state index in [1.807, 2.05) is 0 Å². The molecular formula is C12H13Cl2NO3.